The van der Waals surface area contributed by atoms with Gasteiger partial charge in [-0.05, 0) is 27.7 Å². The van der Waals surface area contributed by atoms with Gasteiger partial charge in [0.15, 0.2) is 5.71 Å². The largest absolute Gasteiger partial charge is 0.461 e. The predicted molar refractivity (Wildman–Crippen MR) is 62.5 cm³/mol. The van der Waals surface area contributed by atoms with Crippen LogP contribution in [0.4, 0.5) is 4.79 Å². The Hall–Kier alpha value is -1.63. The number of nitrogens with two attached hydrogens (primary N) is 1. The molecule has 0 heterocycles. The van der Waals surface area contributed by atoms with Crippen LogP contribution < -0.4 is 11.2 Å². The molecular weight excluding hydrogens is 226 g/mol. The Morgan fingerprint density at radius 1 is 1.35 bits per heavy atom. The van der Waals surface area contributed by atoms with Crippen LogP contribution in [0.5, 0.6) is 0 Å². The number of hydrogen-bond acceptors (Lipinski definition) is 6. The van der Waals surface area contributed by atoms with Gasteiger partial charge in [-0.25, -0.2) is 15.0 Å². The molecule has 98 valence electrons. The molecule has 0 rings (SSSR count). The fourth-order valence-electron chi connectivity index (χ4n) is 0.803. The van der Waals surface area contributed by atoms with Crippen LogP contribution in [-0.2, 0) is 14.3 Å². The summed E-state index contributed by atoms with van der Waals surface area (Å²) in [5, 5.41) is 3.54. The van der Waals surface area contributed by atoms with E-state index in [0.29, 0.717) is 0 Å². The number of carbonyl (C=O) groups is 2. The van der Waals surface area contributed by atoms with Crippen LogP contribution in [0.3, 0.4) is 0 Å². The van der Waals surface area contributed by atoms with Crippen LogP contribution in [0, 0.1) is 0 Å². The average Bonchev–Trinajstić information content (AvgIpc) is 2.16. The van der Waals surface area contributed by atoms with Crippen LogP contribution in [-0.4, -0.2) is 36.5 Å². The minimum absolute atomic E-state index is 0.0716. The van der Waals surface area contributed by atoms with Crippen molar-refractivity contribution in [2.75, 3.05) is 13.2 Å². The molecule has 0 spiro atoms. The van der Waals surface area contributed by atoms with E-state index < -0.39 is 17.7 Å². The molecule has 0 bridgehead atoms. The summed E-state index contributed by atoms with van der Waals surface area (Å²) in [5.41, 5.74) is 6.67. The minimum Gasteiger partial charge on any atom is -0.461 e. The Labute approximate surface area is 100 Å². The molecule has 0 radical (unpaired) electrons. The number of hydrazone groups is 1. The molecule has 0 aliphatic rings. The zero-order valence-corrected chi connectivity index (χ0v) is 10.6. The summed E-state index contributed by atoms with van der Waals surface area (Å²) < 4.78 is 9.61. The molecule has 0 saturated heterocycles. The number of esters is 1. The molecule has 7 nitrogen and oxygen atoms in total. The van der Waals surface area contributed by atoms with E-state index in [2.05, 4.69) is 15.3 Å². The van der Waals surface area contributed by atoms with Crippen molar-refractivity contribution in [3.63, 3.8) is 0 Å². The summed E-state index contributed by atoms with van der Waals surface area (Å²) >= 11 is 0. The van der Waals surface area contributed by atoms with Crippen molar-refractivity contribution in [1.29, 1.82) is 0 Å². The number of carbonyl (C=O) groups excluding carboxylic acids is 2. The second-order valence-electron chi connectivity index (χ2n) is 4.10. The number of amides is 1. The Balaban J connectivity index is 4.37. The first kappa shape index (κ1) is 15.4. The van der Waals surface area contributed by atoms with Crippen LogP contribution >= 0.6 is 0 Å². The maximum absolute atomic E-state index is 11.2. The van der Waals surface area contributed by atoms with Gasteiger partial charge in [0.1, 0.15) is 5.60 Å². The molecule has 17 heavy (non-hydrogen) atoms. The van der Waals surface area contributed by atoms with Gasteiger partial charge in [0.05, 0.1) is 6.61 Å². The third-order valence-corrected chi connectivity index (χ3v) is 1.39. The van der Waals surface area contributed by atoms with Crippen LogP contribution in [0.25, 0.3) is 0 Å². The van der Waals surface area contributed by atoms with Crippen molar-refractivity contribution < 1.29 is 19.1 Å². The monoisotopic (exact) mass is 245 g/mol. The van der Waals surface area contributed by atoms with E-state index in [-0.39, 0.29) is 18.9 Å². The van der Waals surface area contributed by atoms with E-state index in [1.54, 1.807) is 27.7 Å². The zero-order valence-electron chi connectivity index (χ0n) is 10.6. The second kappa shape index (κ2) is 6.85. The van der Waals surface area contributed by atoms with Crippen molar-refractivity contribution in [3.8, 4) is 0 Å². The van der Waals surface area contributed by atoms with Crippen LogP contribution in [0.2, 0.25) is 0 Å². The van der Waals surface area contributed by atoms with Crippen molar-refractivity contribution in [2.24, 2.45) is 10.8 Å². The van der Waals surface area contributed by atoms with Gasteiger partial charge in [-0.2, -0.15) is 5.10 Å². The summed E-state index contributed by atoms with van der Waals surface area (Å²) in [5.74, 6) is -0.661. The SMILES string of the molecule is CCOC(=O)/C(CN)=N\NC(=O)OC(C)(C)C. The molecule has 0 aromatic rings. The van der Waals surface area contributed by atoms with Crippen molar-refractivity contribution >= 4 is 17.8 Å². The van der Waals surface area contributed by atoms with Crippen molar-refractivity contribution in [1.82, 2.24) is 5.43 Å². The molecule has 7 heteroatoms. The highest BCUT2D eigenvalue weighted by Crippen LogP contribution is 2.06. The first-order valence-electron chi connectivity index (χ1n) is 5.23. The molecule has 3 N–H and O–H groups in total. The smallest absolute Gasteiger partial charge is 0.428 e. The molecule has 0 aromatic carbocycles. The van der Waals surface area contributed by atoms with Gasteiger partial charge >= 0.3 is 12.1 Å². The lowest BCUT2D eigenvalue weighted by atomic mass is 10.2. The van der Waals surface area contributed by atoms with Crippen LogP contribution in [0.15, 0.2) is 5.10 Å². The molecule has 0 saturated carbocycles. The number of hydrogen-bond donors (Lipinski definition) is 2. The Bertz CT molecular complexity index is 307. The van der Waals surface area contributed by atoms with Gasteiger partial charge in [0.2, 0.25) is 0 Å². The number of nitrogens with one attached hydrogen (secondary N) is 1. The van der Waals surface area contributed by atoms with Gasteiger partial charge < -0.3 is 15.2 Å². The number of rotatable bonds is 4. The van der Waals surface area contributed by atoms with E-state index >= 15 is 0 Å². The van der Waals surface area contributed by atoms with Gasteiger partial charge in [0, 0.05) is 6.54 Å². The Kier molecular flexibility index (Phi) is 6.19. The van der Waals surface area contributed by atoms with E-state index in [1.165, 1.54) is 0 Å². The fourth-order valence-corrected chi connectivity index (χ4v) is 0.803. The average molecular weight is 245 g/mol. The maximum Gasteiger partial charge on any atom is 0.428 e. The summed E-state index contributed by atoms with van der Waals surface area (Å²) in [6.45, 7) is 6.88. The molecule has 0 aliphatic carbocycles. The summed E-state index contributed by atoms with van der Waals surface area (Å²) in [6.07, 6.45) is -0.757. The topological polar surface area (TPSA) is 103 Å². The minimum atomic E-state index is -0.757. The van der Waals surface area contributed by atoms with E-state index in [0.717, 1.165) is 0 Å². The Morgan fingerprint density at radius 3 is 2.35 bits per heavy atom. The first-order valence-corrected chi connectivity index (χ1v) is 5.23. The lowest BCUT2D eigenvalue weighted by Crippen LogP contribution is -2.33. The molecule has 0 aliphatic heterocycles. The van der Waals surface area contributed by atoms with E-state index in [1.807, 2.05) is 0 Å². The quantitative estimate of drug-likeness (QED) is 0.423. The van der Waals surface area contributed by atoms with Gasteiger partial charge in [-0.3, -0.25) is 0 Å². The lowest BCUT2D eigenvalue weighted by molar-refractivity contribution is -0.135. The molecular formula is C10H19N3O4. The summed E-state index contributed by atoms with van der Waals surface area (Å²) in [7, 11) is 0. The number of ether oxygens (including phenoxy) is 2. The summed E-state index contributed by atoms with van der Waals surface area (Å²) in [4.78, 5) is 22.5. The van der Waals surface area contributed by atoms with Gasteiger partial charge in [-0.15, -0.1) is 0 Å². The number of nitrogens with zero attached hydrogens (tertiary/aromatic N) is 1. The molecule has 0 aromatic heterocycles. The molecule has 0 fully saturated rings. The third-order valence-electron chi connectivity index (χ3n) is 1.39. The predicted octanol–water partition coefficient (Wildman–Crippen LogP) is 0.389. The fraction of sp³-hybridized carbons (Fsp3) is 0.700. The second-order valence-corrected chi connectivity index (χ2v) is 4.10. The van der Waals surface area contributed by atoms with Crippen LogP contribution in [0.1, 0.15) is 27.7 Å². The normalized spacial score (nSPS) is 11.9. The van der Waals surface area contributed by atoms with E-state index in [9.17, 15) is 9.59 Å². The zero-order chi connectivity index (χ0) is 13.5. The van der Waals surface area contributed by atoms with Crippen molar-refractivity contribution in [3.05, 3.63) is 0 Å². The summed E-state index contributed by atoms with van der Waals surface area (Å²) in [6, 6.07) is 0. The standard InChI is InChI=1S/C10H19N3O4/c1-5-16-8(14)7(6-11)12-13-9(15)17-10(2,3)4/h5-6,11H2,1-4H3,(H,13,15)/b12-7-. The van der Waals surface area contributed by atoms with Gasteiger partial charge in [0.25, 0.3) is 0 Å². The highest BCUT2D eigenvalue weighted by molar-refractivity contribution is 6.37. The first-order chi connectivity index (χ1) is 7.80. The van der Waals surface area contributed by atoms with E-state index in [4.69, 9.17) is 10.5 Å². The highest BCUT2D eigenvalue weighted by atomic mass is 16.6. The van der Waals surface area contributed by atoms with Gasteiger partial charge in [-0.1, -0.05) is 0 Å². The highest BCUT2D eigenvalue weighted by Gasteiger charge is 2.17. The molecule has 1 amide bonds. The third kappa shape index (κ3) is 7.29. The Morgan fingerprint density at radius 2 is 1.94 bits per heavy atom. The lowest BCUT2D eigenvalue weighted by Gasteiger charge is -2.18. The molecule has 0 atom stereocenters. The molecule has 0 unspecified atom stereocenters. The maximum atomic E-state index is 11.2. The van der Waals surface area contributed by atoms with Crippen molar-refractivity contribution in [2.45, 2.75) is 33.3 Å².